The van der Waals surface area contributed by atoms with Crippen molar-refractivity contribution in [2.45, 2.75) is 30.4 Å². The van der Waals surface area contributed by atoms with Gasteiger partial charge in [0.05, 0.1) is 6.10 Å². The van der Waals surface area contributed by atoms with Gasteiger partial charge in [-0.05, 0) is 18.4 Å². The van der Waals surface area contributed by atoms with Gasteiger partial charge in [0.15, 0.2) is 10.8 Å². The van der Waals surface area contributed by atoms with Gasteiger partial charge in [-0.15, -0.1) is 23.1 Å². The first-order chi connectivity index (χ1) is 15.4. The van der Waals surface area contributed by atoms with Gasteiger partial charge in [-0.2, -0.15) is 0 Å². The van der Waals surface area contributed by atoms with Crippen LogP contribution in [0.3, 0.4) is 0 Å². The Balaban J connectivity index is 1.50. The summed E-state index contributed by atoms with van der Waals surface area (Å²) in [5, 5.41) is 17.3. The summed E-state index contributed by atoms with van der Waals surface area (Å²) in [7, 11) is 1.28. The normalized spacial score (nSPS) is 25.7. The third-order valence-electron chi connectivity index (χ3n) is 5.13. The molecule has 0 bridgehead atoms. The van der Waals surface area contributed by atoms with Crippen molar-refractivity contribution in [1.82, 2.24) is 15.2 Å². The van der Waals surface area contributed by atoms with Crippen LogP contribution in [0.2, 0.25) is 0 Å². The fourth-order valence-electron chi connectivity index (χ4n) is 3.65. The van der Waals surface area contributed by atoms with Crippen molar-refractivity contribution in [3.05, 3.63) is 34.5 Å². The number of aliphatic carboxylic acids is 1. The number of carbonyl (C=O) groups is 3. The molecule has 4 rings (SSSR count). The number of anilines is 1. The summed E-state index contributed by atoms with van der Waals surface area (Å²) >= 11 is 2.51. The van der Waals surface area contributed by atoms with Gasteiger partial charge in [-0.25, -0.2) is 9.78 Å². The van der Waals surface area contributed by atoms with Gasteiger partial charge >= 0.3 is 5.97 Å². The van der Waals surface area contributed by atoms with E-state index >= 15 is 0 Å². The molecule has 170 valence electrons. The van der Waals surface area contributed by atoms with E-state index in [0.717, 1.165) is 24.2 Å². The molecule has 0 radical (unpaired) electrons. The largest absolute Gasteiger partial charge is 0.477 e. The van der Waals surface area contributed by atoms with Crippen LogP contribution in [0, 0.1) is 0 Å². The monoisotopic (exact) mass is 479 g/mol. The minimum Gasteiger partial charge on any atom is -0.477 e. The van der Waals surface area contributed by atoms with E-state index in [2.05, 4.69) is 15.5 Å². The van der Waals surface area contributed by atoms with E-state index in [1.54, 1.807) is 11.5 Å². The number of rotatable bonds is 7. The third-order valence-corrected chi connectivity index (χ3v) is 7.10. The number of allylic oxidation sites excluding steroid dienone is 1. The van der Waals surface area contributed by atoms with Crippen molar-refractivity contribution in [2.75, 3.05) is 25.2 Å². The number of aromatic nitrogens is 1. The molecule has 0 spiro atoms. The van der Waals surface area contributed by atoms with E-state index in [-0.39, 0.29) is 28.3 Å². The van der Waals surface area contributed by atoms with Crippen LogP contribution < -0.4 is 11.1 Å². The Morgan fingerprint density at radius 2 is 2.31 bits per heavy atom. The smallest absolute Gasteiger partial charge is 0.352 e. The molecule has 2 fully saturated rings. The number of nitrogens with zero attached hydrogens (tertiary/aromatic N) is 3. The first-order valence-corrected chi connectivity index (χ1v) is 11.7. The molecule has 1 aromatic heterocycles. The second-order valence-electron chi connectivity index (χ2n) is 7.14. The van der Waals surface area contributed by atoms with Crippen LogP contribution in [-0.4, -0.2) is 75.5 Å². The number of nitrogens with one attached hydrogen (secondary N) is 1. The molecular formula is C19H21N5O6S2. The average molecular weight is 480 g/mol. The molecule has 0 aliphatic carbocycles. The summed E-state index contributed by atoms with van der Waals surface area (Å²) in [5.74, 6) is -1.99. The molecule has 13 heteroatoms. The summed E-state index contributed by atoms with van der Waals surface area (Å²) in [6.07, 6.45) is 5.36. The lowest BCUT2D eigenvalue weighted by molar-refractivity contribution is -0.150. The average Bonchev–Trinajstić information content (AvgIpc) is 3.45. The number of oxime groups is 1. The number of hydrogen-bond donors (Lipinski definition) is 3. The van der Waals surface area contributed by atoms with Crippen molar-refractivity contribution in [2.24, 2.45) is 5.16 Å². The van der Waals surface area contributed by atoms with Gasteiger partial charge in [-0.3, -0.25) is 14.5 Å². The van der Waals surface area contributed by atoms with E-state index < -0.39 is 29.2 Å². The maximum atomic E-state index is 12.8. The molecule has 11 nitrogen and oxygen atoms in total. The number of nitrogen functional groups attached to an aromatic ring is 1. The van der Waals surface area contributed by atoms with Gasteiger partial charge in [0.2, 0.25) is 0 Å². The molecule has 3 aliphatic rings. The molecule has 1 aromatic rings. The predicted octanol–water partition coefficient (Wildman–Crippen LogP) is 0.550. The fourth-order valence-corrected chi connectivity index (χ4v) is 5.52. The highest BCUT2D eigenvalue weighted by molar-refractivity contribution is 8.00. The number of fused-ring (bicyclic) bond motifs is 1. The Bertz CT molecular complexity index is 1030. The summed E-state index contributed by atoms with van der Waals surface area (Å²) in [6.45, 7) is 0.685. The lowest BCUT2D eigenvalue weighted by Crippen LogP contribution is -2.71. The van der Waals surface area contributed by atoms with Gasteiger partial charge < -0.3 is 25.7 Å². The van der Waals surface area contributed by atoms with E-state index in [1.807, 2.05) is 6.08 Å². The Morgan fingerprint density at radius 1 is 1.50 bits per heavy atom. The molecule has 4 N–H and O–H groups in total. The Morgan fingerprint density at radius 3 is 2.94 bits per heavy atom. The van der Waals surface area contributed by atoms with Crippen LogP contribution in [-0.2, 0) is 24.0 Å². The quantitative estimate of drug-likeness (QED) is 0.289. The molecule has 3 aliphatic heterocycles. The number of thiazole rings is 1. The van der Waals surface area contributed by atoms with Crippen LogP contribution in [0.25, 0.3) is 0 Å². The summed E-state index contributed by atoms with van der Waals surface area (Å²) in [5.41, 5.74) is 6.18. The second kappa shape index (κ2) is 9.30. The number of carboxylic acid groups (broad SMARTS) is 1. The molecule has 2 amide bonds. The zero-order chi connectivity index (χ0) is 22.8. The first-order valence-electron chi connectivity index (χ1n) is 9.75. The van der Waals surface area contributed by atoms with E-state index in [4.69, 9.17) is 15.3 Å². The van der Waals surface area contributed by atoms with Crippen LogP contribution in [0.4, 0.5) is 5.13 Å². The van der Waals surface area contributed by atoms with Gasteiger partial charge in [0.1, 0.15) is 29.9 Å². The zero-order valence-corrected chi connectivity index (χ0v) is 18.6. The number of carboxylic acids is 1. The molecule has 0 aromatic carbocycles. The minimum atomic E-state index is -1.19. The van der Waals surface area contributed by atoms with Crippen molar-refractivity contribution in [3.8, 4) is 0 Å². The number of nitrogens with two attached hydrogens (primary N) is 1. The predicted molar refractivity (Wildman–Crippen MR) is 118 cm³/mol. The number of thioether (sulfide) groups is 1. The zero-order valence-electron chi connectivity index (χ0n) is 17.0. The highest BCUT2D eigenvalue weighted by atomic mass is 32.2. The maximum absolute atomic E-state index is 12.8. The molecule has 3 atom stereocenters. The van der Waals surface area contributed by atoms with Crippen molar-refractivity contribution in [1.29, 1.82) is 0 Å². The number of amides is 2. The molecule has 4 heterocycles. The van der Waals surface area contributed by atoms with Gasteiger partial charge in [0.25, 0.3) is 11.8 Å². The van der Waals surface area contributed by atoms with Crippen molar-refractivity contribution < 1.29 is 29.1 Å². The third kappa shape index (κ3) is 4.23. The maximum Gasteiger partial charge on any atom is 0.352 e. The fraction of sp³-hybridized carbons (Fsp3) is 0.421. The molecule has 0 saturated carbocycles. The van der Waals surface area contributed by atoms with Gasteiger partial charge in [0, 0.05) is 17.7 Å². The summed E-state index contributed by atoms with van der Waals surface area (Å²) in [4.78, 5) is 47.5. The molecule has 1 unspecified atom stereocenters. The Labute approximate surface area is 191 Å². The highest BCUT2D eigenvalue weighted by Crippen LogP contribution is 2.40. The van der Waals surface area contributed by atoms with E-state index in [1.165, 1.54) is 23.8 Å². The highest BCUT2D eigenvalue weighted by Gasteiger charge is 2.54. The van der Waals surface area contributed by atoms with E-state index in [9.17, 15) is 19.5 Å². The van der Waals surface area contributed by atoms with Crippen LogP contribution in [0.5, 0.6) is 0 Å². The topological polar surface area (TPSA) is 156 Å². The van der Waals surface area contributed by atoms with Crippen molar-refractivity contribution >= 4 is 51.7 Å². The first kappa shape index (κ1) is 22.3. The Kier molecular flexibility index (Phi) is 6.48. The van der Waals surface area contributed by atoms with Crippen LogP contribution in [0.1, 0.15) is 18.5 Å². The van der Waals surface area contributed by atoms with Crippen LogP contribution >= 0.6 is 23.1 Å². The Hall–Kier alpha value is -2.90. The summed E-state index contributed by atoms with van der Waals surface area (Å²) in [6, 6.07) is -0.899. The lowest BCUT2D eigenvalue weighted by atomic mass is 10.0. The lowest BCUT2D eigenvalue weighted by Gasteiger charge is -2.49. The molecule has 32 heavy (non-hydrogen) atoms. The minimum absolute atomic E-state index is 0.0439. The van der Waals surface area contributed by atoms with Gasteiger partial charge in [-0.1, -0.05) is 17.3 Å². The molecular weight excluding hydrogens is 458 g/mol. The molecule has 2 saturated heterocycles. The number of ether oxygens (including phenoxy) is 1. The van der Waals surface area contributed by atoms with E-state index in [0.29, 0.717) is 17.9 Å². The van der Waals surface area contributed by atoms with Crippen LogP contribution in [0.15, 0.2) is 34.0 Å². The number of carbonyl (C=O) groups excluding carboxylic acids is 2. The standard InChI is InChI=1S/C19H21N5O6S2/c1-29-23-12(11-8-32-19(20)21-11)15(25)22-13-16(26)24-14(18(27)28)9(7-31-17(13)24)4-5-10-3-2-6-30-10/h4-5,8,10,13,17H,2-3,6-7H2,1H3,(H2,20,21)(H,22,25)(H,27,28)/b5-4+,23-12-/t10?,13-,17+/m1/s1. The van der Waals surface area contributed by atoms with Crippen molar-refractivity contribution in [3.63, 3.8) is 0 Å². The number of β-lactam (4-membered cyclic amide) rings is 1. The second-order valence-corrected chi connectivity index (χ2v) is 9.14. The number of hydrogen-bond acceptors (Lipinski definition) is 10. The SMILES string of the molecule is CO/N=C(\C(=O)N[C@@H]1C(=O)N2C(C(=O)O)=C(/C=C/C3CCCO3)CS[C@@H]12)c1csc(N)n1. The summed E-state index contributed by atoms with van der Waals surface area (Å²) < 4.78 is 5.54.